The summed E-state index contributed by atoms with van der Waals surface area (Å²) in [5.41, 5.74) is -0.583. The molecule has 1 heterocycles. The van der Waals surface area contributed by atoms with Gasteiger partial charge in [0.25, 0.3) is 5.56 Å². The number of aromatic nitrogens is 2. The molecule has 1 aliphatic rings. The number of aliphatic carboxylic acids is 1. The molecular formula is C12H16N2O4. The summed E-state index contributed by atoms with van der Waals surface area (Å²) in [6.07, 6.45) is 5.77. The summed E-state index contributed by atoms with van der Waals surface area (Å²) in [6, 6.07) is 0.0404. The van der Waals surface area contributed by atoms with E-state index in [1.807, 2.05) is 0 Å². The van der Waals surface area contributed by atoms with E-state index in [0.717, 1.165) is 42.6 Å². The molecule has 2 N–H and O–H groups in total. The number of hydrogen-bond donors (Lipinski definition) is 2. The van der Waals surface area contributed by atoms with Crippen molar-refractivity contribution in [3.63, 3.8) is 0 Å². The largest absolute Gasteiger partial charge is 0.506 e. The molecule has 0 aliphatic heterocycles. The Kier molecular flexibility index (Phi) is 3.64. The van der Waals surface area contributed by atoms with Gasteiger partial charge in [0.15, 0.2) is 6.04 Å². The summed E-state index contributed by atoms with van der Waals surface area (Å²) in [5, 5.41) is 22.1. The number of nitrogens with zero attached hydrogens (tertiary/aromatic N) is 2. The molecule has 0 saturated heterocycles. The summed E-state index contributed by atoms with van der Waals surface area (Å²) in [4.78, 5) is 22.9. The van der Waals surface area contributed by atoms with E-state index in [4.69, 9.17) is 5.11 Å². The van der Waals surface area contributed by atoms with Crippen LogP contribution in [0.4, 0.5) is 0 Å². The zero-order valence-electron chi connectivity index (χ0n) is 9.95. The van der Waals surface area contributed by atoms with E-state index in [1.54, 1.807) is 0 Å². The van der Waals surface area contributed by atoms with Crippen molar-refractivity contribution in [3.05, 3.63) is 22.6 Å². The number of carboxylic acids is 1. The molecule has 0 bridgehead atoms. The van der Waals surface area contributed by atoms with Gasteiger partial charge in [-0.05, 0) is 12.3 Å². The van der Waals surface area contributed by atoms with Gasteiger partial charge in [0.05, 0.1) is 6.20 Å². The molecule has 6 heteroatoms. The minimum atomic E-state index is -1.05. The van der Waals surface area contributed by atoms with Crippen LogP contribution in [0.15, 0.2) is 17.1 Å². The van der Waals surface area contributed by atoms with Gasteiger partial charge < -0.3 is 10.2 Å². The molecule has 0 amide bonds. The highest BCUT2D eigenvalue weighted by atomic mass is 16.4. The Hall–Kier alpha value is -1.85. The fourth-order valence-corrected chi connectivity index (χ4v) is 2.51. The maximum absolute atomic E-state index is 11.6. The lowest BCUT2D eigenvalue weighted by Gasteiger charge is -2.17. The molecule has 0 aromatic carbocycles. The van der Waals surface area contributed by atoms with Gasteiger partial charge in [0, 0.05) is 6.07 Å². The van der Waals surface area contributed by atoms with Crippen LogP contribution in [0.2, 0.25) is 0 Å². The van der Waals surface area contributed by atoms with Crippen LogP contribution in [-0.2, 0) is 4.79 Å². The van der Waals surface area contributed by atoms with Crippen LogP contribution in [0.5, 0.6) is 5.75 Å². The van der Waals surface area contributed by atoms with Gasteiger partial charge in [-0.15, -0.1) is 0 Å². The first-order valence-corrected chi connectivity index (χ1v) is 6.08. The minimum Gasteiger partial charge on any atom is -0.506 e. The number of rotatable bonds is 4. The molecule has 6 nitrogen and oxygen atoms in total. The molecule has 1 saturated carbocycles. The van der Waals surface area contributed by atoms with Crippen LogP contribution in [0, 0.1) is 5.92 Å². The lowest BCUT2D eigenvalue weighted by molar-refractivity contribution is -0.142. The molecule has 1 aromatic rings. The second-order valence-corrected chi connectivity index (χ2v) is 4.74. The zero-order chi connectivity index (χ0) is 13.1. The van der Waals surface area contributed by atoms with Crippen molar-refractivity contribution in [3.8, 4) is 5.75 Å². The first kappa shape index (κ1) is 12.6. The topological polar surface area (TPSA) is 92.4 Å². The van der Waals surface area contributed by atoms with Crippen LogP contribution in [0.1, 0.15) is 38.1 Å². The molecule has 0 spiro atoms. The third kappa shape index (κ3) is 2.69. The van der Waals surface area contributed by atoms with Crippen molar-refractivity contribution in [2.45, 2.75) is 38.1 Å². The summed E-state index contributed by atoms with van der Waals surface area (Å²) in [7, 11) is 0. The standard InChI is InChI=1S/C12H16N2O4/c15-9-6-11(16)14(13-7-9)10(12(17)18)5-8-3-1-2-4-8/h6-8,10,15H,1-5H2,(H,17,18). The predicted octanol–water partition coefficient (Wildman–Crippen LogP) is 1.15. The number of carbonyl (C=O) groups is 1. The maximum atomic E-state index is 11.6. The third-order valence-electron chi connectivity index (χ3n) is 3.42. The molecule has 1 aromatic heterocycles. The highest BCUT2D eigenvalue weighted by molar-refractivity contribution is 5.71. The van der Waals surface area contributed by atoms with Gasteiger partial charge in [-0.25, -0.2) is 9.48 Å². The van der Waals surface area contributed by atoms with E-state index in [2.05, 4.69) is 5.10 Å². The Morgan fingerprint density at radius 3 is 2.72 bits per heavy atom. The SMILES string of the molecule is O=C(O)C(CC1CCCC1)n1ncc(O)cc1=O. The highest BCUT2D eigenvalue weighted by Gasteiger charge is 2.27. The molecule has 1 unspecified atom stereocenters. The van der Waals surface area contributed by atoms with Crippen molar-refractivity contribution in [1.82, 2.24) is 9.78 Å². The van der Waals surface area contributed by atoms with Gasteiger partial charge >= 0.3 is 5.97 Å². The smallest absolute Gasteiger partial charge is 0.328 e. The second kappa shape index (κ2) is 5.20. The highest BCUT2D eigenvalue weighted by Crippen LogP contribution is 2.31. The molecule has 18 heavy (non-hydrogen) atoms. The maximum Gasteiger partial charge on any atom is 0.328 e. The van der Waals surface area contributed by atoms with Crippen molar-refractivity contribution < 1.29 is 15.0 Å². The van der Waals surface area contributed by atoms with Gasteiger partial charge in [-0.2, -0.15) is 5.10 Å². The van der Waals surface area contributed by atoms with Crippen molar-refractivity contribution in [2.75, 3.05) is 0 Å². The van der Waals surface area contributed by atoms with Crippen LogP contribution < -0.4 is 5.56 Å². The first-order chi connectivity index (χ1) is 8.58. The number of hydrogen-bond acceptors (Lipinski definition) is 4. The average molecular weight is 252 g/mol. The quantitative estimate of drug-likeness (QED) is 0.838. The predicted molar refractivity (Wildman–Crippen MR) is 63.4 cm³/mol. The van der Waals surface area contributed by atoms with E-state index in [9.17, 15) is 14.7 Å². The third-order valence-corrected chi connectivity index (χ3v) is 3.42. The Morgan fingerprint density at radius 1 is 1.50 bits per heavy atom. The Bertz CT molecular complexity index is 491. The normalized spacial score (nSPS) is 17.8. The fraction of sp³-hybridized carbons (Fsp3) is 0.583. The molecule has 1 aliphatic carbocycles. The van der Waals surface area contributed by atoms with Crippen LogP contribution in [-0.4, -0.2) is 26.0 Å². The van der Waals surface area contributed by atoms with E-state index in [1.165, 1.54) is 0 Å². The van der Waals surface area contributed by atoms with Gasteiger partial charge in [0.1, 0.15) is 5.75 Å². The van der Waals surface area contributed by atoms with Crippen LogP contribution in [0.3, 0.4) is 0 Å². The lowest BCUT2D eigenvalue weighted by atomic mass is 9.98. The first-order valence-electron chi connectivity index (χ1n) is 6.08. The monoisotopic (exact) mass is 252 g/mol. The molecule has 98 valence electrons. The molecule has 1 fully saturated rings. The van der Waals surface area contributed by atoms with Crippen molar-refractivity contribution >= 4 is 5.97 Å². The molecular weight excluding hydrogens is 236 g/mol. The number of aromatic hydroxyl groups is 1. The summed E-state index contributed by atoms with van der Waals surface area (Å²) >= 11 is 0. The van der Waals surface area contributed by atoms with Gasteiger partial charge in [-0.3, -0.25) is 4.79 Å². The molecule has 0 radical (unpaired) electrons. The zero-order valence-corrected chi connectivity index (χ0v) is 9.95. The van der Waals surface area contributed by atoms with Gasteiger partial charge in [-0.1, -0.05) is 25.7 Å². The Labute approximate surface area is 104 Å². The minimum absolute atomic E-state index is 0.249. The van der Waals surface area contributed by atoms with E-state index in [-0.39, 0.29) is 5.75 Å². The van der Waals surface area contributed by atoms with Crippen molar-refractivity contribution in [2.24, 2.45) is 5.92 Å². The van der Waals surface area contributed by atoms with E-state index < -0.39 is 17.6 Å². The average Bonchev–Trinajstić information content (AvgIpc) is 2.79. The van der Waals surface area contributed by atoms with Gasteiger partial charge in [0.2, 0.25) is 0 Å². The Balaban J connectivity index is 2.23. The summed E-state index contributed by atoms with van der Waals surface area (Å²) in [6.45, 7) is 0. The molecule has 1 atom stereocenters. The molecule has 2 rings (SSSR count). The van der Waals surface area contributed by atoms with Crippen LogP contribution in [0.25, 0.3) is 0 Å². The summed E-state index contributed by atoms with van der Waals surface area (Å²) in [5.74, 6) is -0.961. The van der Waals surface area contributed by atoms with E-state index >= 15 is 0 Å². The lowest BCUT2D eigenvalue weighted by Crippen LogP contribution is -2.32. The number of carboxylic acid groups (broad SMARTS) is 1. The van der Waals surface area contributed by atoms with Crippen LogP contribution >= 0.6 is 0 Å². The Morgan fingerprint density at radius 2 is 2.17 bits per heavy atom. The fourth-order valence-electron chi connectivity index (χ4n) is 2.51. The van der Waals surface area contributed by atoms with Crippen molar-refractivity contribution in [1.29, 1.82) is 0 Å². The second-order valence-electron chi connectivity index (χ2n) is 4.74. The summed E-state index contributed by atoms with van der Waals surface area (Å²) < 4.78 is 0.945. The van der Waals surface area contributed by atoms with E-state index in [0.29, 0.717) is 12.3 Å².